The van der Waals surface area contributed by atoms with Gasteiger partial charge in [-0.15, -0.1) is 0 Å². The van der Waals surface area contributed by atoms with Crippen molar-refractivity contribution in [3.05, 3.63) is 144 Å². The molecule has 3 heteroatoms. The standard InChI is InChI=1S/C30H25N3/c1-3-32-30(25-13-7-4-8-14-25)29(31-2)23-24-19-21-28(22-20-24)33(26-15-9-5-10-16-26)27-17-11-6-12-18-27/h4-23H,3H2,1H3. The summed E-state index contributed by atoms with van der Waals surface area (Å²) in [6.45, 7) is 10.4. The van der Waals surface area contributed by atoms with Crippen molar-refractivity contribution in [2.45, 2.75) is 6.92 Å². The van der Waals surface area contributed by atoms with E-state index in [0.717, 1.165) is 33.9 Å². The van der Waals surface area contributed by atoms with Gasteiger partial charge < -0.3 is 4.90 Å². The van der Waals surface area contributed by atoms with Gasteiger partial charge in [0.25, 0.3) is 0 Å². The maximum absolute atomic E-state index is 7.77. The molecule has 0 N–H and O–H groups in total. The molecule has 0 atom stereocenters. The molecule has 160 valence electrons. The summed E-state index contributed by atoms with van der Waals surface area (Å²) in [5, 5.41) is 0. The van der Waals surface area contributed by atoms with Crippen LogP contribution in [0.1, 0.15) is 18.1 Å². The Bertz CT molecular complexity index is 1230. The van der Waals surface area contributed by atoms with Gasteiger partial charge in [-0.3, -0.25) is 4.99 Å². The first-order chi connectivity index (χ1) is 16.3. The molecule has 0 aliphatic heterocycles. The largest absolute Gasteiger partial charge is 0.311 e. The summed E-state index contributed by atoms with van der Waals surface area (Å²) in [5.41, 5.74) is 6.43. The minimum atomic E-state index is 0.541. The highest BCUT2D eigenvalue weighted by atomic mass is 15.1. The summed E-state index contributed by atoms with van der Waals surface area (Å²) in [6, 6.07) is 38.8. The van der Waals surface area contributed by atoms with Gasteiger partial charge in [-0.2, -0.15) is 0 Å². The van der Waals surface area contributed by atoms with E-state index in [1.807, 2.05) is 91.9 Å². The molecule has 4 aromatic carbocycles. The van der Waals surface area contributed by atoms with Crippen LogP contribution in [-0.2, 0) is 0 Å². The lowest BCUT2D eigenvalue weighted by Gasteiger charge is -2.25. The maximum Gasteiger partial charge on any atom is 0.213 e. The van der Waals surface area contributed by atoms with Crippen LogP contribution in [0.5, 0.6) is 0 Å². The molecule has 33 heavy (non-hydrogen) atoms. The Hall–Kier alpha value is -4.42. The molecular weight excluding hydrogens is 402 g/mol. The number of para-hydroxylation sites is 2. The maximum atomic E-state index is 7.77. The molecule has 0 amide bonds. The van der Waals surface area contributed by atoms with Gasteiger partial charge in [0.05, 0.1) is 12.3 Å². The van der Waals surface area contributed by atoms with Crippen molar-refractivity contribution < 1.29 is 0 Å². The minimum Gasteiger partial charge on any atom is -0.311 e. The van der Waals surface area contributed by atoms with E-state index in [0.29, 0.717) is 12.2 Å². The van der Waals surface area contributed by atoms with Crippen LogP contribution in [-0.4, -0.2) is 12.3 Å². The molecule has 0 spiro atoms. The fourth-order valence-corrected chi connectivity index (χ4v) is 3.71. The number of nitrogens with zero attached hydrogens (tertiary/aromatic N) is 3. The fraction of sp³-hybridized carbons (Fsp3) is 0.0667. The average molecular weight is 428 g/mol. The Morgan fingerprint density at radius 2 is 1.21 bits per heavy atom. The highest BCUT2D eigenvalue weighted by Gasteiger charge is 2.13. The smallest absolute Gasteiger partial charge is 0.213 e. The van der Waals surface area contributed by atoms with Gasteiger partial charge in [-0.05, 0) is 60.5 Å². The minimum absolute atomic E-state index is 0.541. The average Bonchev–Trinajstić information content (AvgIpc) is 2.89. The first-order valence-electron chi connectivity index (χ1n) is 11.0. The third kappa shape index (κ3) is 5.26. The molecule has 0 bridgehead atoms. The lowest BCUT2D eigenvalue weighted by Crippen LogP contribution is -2.09. The number of hydrogen-bond donors (Lipinski definition) is 0. The lowest BCUT2D eigenvalue weighted by atomic mass is 10.0. The molecule has 0 unspecified atom stereocenters. The normalized spacial score (nSPS) is 11.6. The van der Waals surface area contributed by atoms with Crippen molar-refractivity contribution in [1.82, 2.24) is 0 Å². The van der Waals surface area contributed by atoms with Crippen LogP contribution < -0.4 is 4.90 Å². The van der Waals surface area contributed by atoms with Crippen LogP contribution in [0, 0.1) is 6.57 Å². The van der Waals surface area contributed by atoms with Crippen molar-refractivity contribution in [3.63, 3.8) is 0 Å². The van der Waals surface area contributed by atoms with E-state index in [2.05, 4.69) is 51.1 Å². The van der Waals surface area contributed by atoms with Crippen LogP contribution in [0.2, 0.25) is 0 Å². The second-order valence-corrected chi connectivity index (χ2v) is 7.43. The van der Waals surface area contributed by atoms with Gasteiger partial charge in [0.1, 0.15) is 0 Å². The zero-order chi connectivity index (χ0) is 22.9. The van der Waals surface area contributed by atoms with Crippen LogP contribution in [0.3, 0.4) is 0 Å². The third-order valence-corrected chi connectivity index (χ3v) is 5.21. The highest BCUT2D eigenvalue weighted by molar-refractivity contribution is 6.16. The summed E-state index contributed by atoms with van der Waals surface area (Å²) in [4.78, 5) is 10.6. The number of allylic oxidation sites excluding steroid dienone is 1. The Morgan fingerprint density at radius 1 is 0.727 bits per heavy atom. The molecule has 0 saturated carbocycles. The van der Waals surface area contributed by atoms with Crippen molar-refractivity contribution in [2.24, 2.45) is 4.99 Å². The lowest BCUT2D eigenvalue weighted by molar-refractivity contribution is 1.13. The van der Waals surface area contributed by atoms with Crippen molar-refractivity contribution in [1.29, 1.82) is 0 Å². The molecule has 0 aromatic heterocycles. The number of anilines is 3. The molecule has 0 radical (unpaired) electrons. The predicted molar refractivity (Wildman–Crippen MR) is 139 cm³/mol. The van der Waals surface area contributed by atoms with E-state index in [-0.39, 0.29) is 0 Å². The quantitative estimate of drug-likeness (QED) is 0.217. The SMILES string of the molecule is [C-]#[N+]C(=Cc1ccc(N(c2ccccc2)c2ccccc2)cc1)C(=NCC)c1ccccc1. The first kappa shape index (κ1) is 21.8. The highest BCUT2D eigenvalue weighted by Crippen LogP contribution is 2.34. The van der Waals surface area contributed by atoms with Gasteiger partial charge in [-0.25, -0.2) is 4.85 Å². The van der Waals surface area contributed by atoms with Crippen LogP contribution in [0.4, 0.5) is 17.1 Å². The van der Waals surface area contributed by atoms with E-state index in [9.17, 15) is 0 Å². The number of aliphatic imine (C=N–C) groups is 1. The second-order valence-electron chi connectivity index (χ2n) is 7.43. The van der Waals surface area contributed by atoms with Gasteiger partial charge in [0.15, 0.2) is 0 Å². The van der Waals surface area contributed by atoms with Crippen molar-refractivity contribution in [2.75, 3.05) is 11.4 Å². The monoisotopic (exact) mass is 427 g/mol. The molecule has 0 saturated heterocycles. The van der Waals surface area contributed by atoms with Gasteiger partial charge >= 0.3 is 0 Å². The van der Waals surface area contributed by atoms with Crippen molar-refractivity contribution in [3.8, 4) is 0 Å². The molecule has 0 aliphatic carbocycles. The number of hydrogen-bond acceptors (Lipinski definition) is 2. The third-order valence-electron chi connectivity index (χ3n) is 5.21. The van der Waals surface area contributed by atoms with Crippen LogP contribution >= 0.6 is 0 Å². The number of rotatable bonds is 7. The second kappa shape index (κ2) is 10.7. The first-order valence-corrected chi connectivity index (χ1v) is 11.0. The Labute approximate surface area is 195 Å². The summed E-state index contributed by atoms with van der Waals surface area (Å²) in [7, 11) is 0. The van der Waals surface area contributed by atoms with E-state index >= 15 is 0 Å². The molecular formula is C30H25N3. The number of benzene rings is 4. The van der Waals surface area contributed by atoms with Gasteiger partial charge in [0, 0.05) is 23.6 Å². The van der Waals surface area contributed by atoms with Gasteiger partial charge in [-0.1, -0.05) is 78.9 Å². The van der Waals surface area contributed by atoms with Crippen LogP contribution in [0.25, 0.3) is 10.9 Å². The Balaban J connectivity index is 1.70. The topological polar surface area (TPSA) is 20.0 Å². The Kier molecular flexibility index (Phi) is 7.10. The summed E-state index contributed by atoms with van der Waals surface area (Å²) in [5.74, 6) is 0. The van der Waals surface area contributed by atoms with Crippen molar-refractivity contribution >= 4 is 28.8 Å². The Morgan fingerprint density at radius 3 is 1.70 bits per heavy atom. The molecule has 0 heterocycles. The zero-order valence-corrected chi connectivity index (χ0v) is 18.6. The zero-order valence-electron chi connectivity index (χ0n) is 18.6. The van der Waals surface area contributed by atoms with E-state index in [1.165, 1.54) is 0 Å². The predicted octanol–water partition coefficient (Wildman–Crippen LogP) is 7.93. The fourth-order valence-electron chi connectivity index (χ4n) is 3.71. The van der Waals surface area contributed by atoms with E-state index in [4.69, 9.17) is 6.57 Å². The molecule has 0 aliphatic rings. The summed E-state index contributed by atoms with van der Waals surface area (Å²) >= 11 is 0. The molecule has 4 aromatic rings. The molecule has 4 rings (SSSR count). The van der Waals surface area contributed by atoms with E-state index in [1.54, 1.807) is 0 Å². The van der Waals surface area contributed by atoms with E-state index < -0.39 is 0 Å². The summed E-state index contributed by atoms with van der Waals surface area (Å²) in [6.07, 6.45) is 1.91. The van der Waals surface area contributed by atoms with Gasteiger partial charge in [0.2, 0.25) is 5.70 Å². The molecule has 3 nitrogen and oxygen atoms in total. The van der Waals surface area contributed by atoms with Crippen LogP contribution in [0.15, 0.2) is 126 Å². The summed E-state index contributed by atoms with van der Waals surface area (Å²) < 4.78 is 0. The molecule has 0 fully saturated rings.